The molecule has 6 atom stereocenters. The van der Waals surface area contributed by atoms with E-state index in [1.165, 1.54) is 6.07 Å². The highest BCUT2D eigenvalue weighted by Crippen LogP contribution is 2.44. The van der Waals surface area contributed by atoms with E-state index in [0.29, 0.717) is 18.7 Å². The number of amides is 4. The van der Waals surface area contributed by atoms with Crippen molar-refractivity contribution in [1.29, 1.82) is 0 Å². The molecule has 1 aliphatic carbocycles. The van der Waals surface area contributed by atoms with Crippen LogP contribution in [-0.4, -0.2) is 71.6 Å². The summed E-state index contributed by atoms with van der Waals surface area (Å²) in [5, 5.41) is 8.56. The van der Waals surface area contributed by atoms with Crippen molar-refractivity contribution in [3.63, 3.8) is 0 Å². The molecule has 4 amide bonds. The number of carbonyl (C=O) groups is 5. The van der Waals surface area contributed by atoms with Crippen LogP contribution < -0.4 is 16.0 Å². The summed E-state index contributed by atoms with van der Waals surface area (Å²) in [4.78, 5) is 67.1. The van der Waals surface area contributed by atoms with Gasteiger partial charge in [-0.05, 0) is 49.7 Å². The van der Waals surface area contributed by atoms with Gasteiger partial charge in [-0.1, -0.05) is 52.3 Å². The maximum absolute atomic E-state index is 14.2. The minimum atomic E-state index is -0.975. The van der Waals surface area contributed by atoms with Gasteiger partial charge in [0, 0.05) is 18.6 Å². The summed E-state index contributed by atoms with van der Waals surface area (Å²) in [6.07, 6.45) is 1.37. The van der Waals surface area contributed by atoms with Crippen molar-refractivity contribution >= 4 is 46.9 Å². The fourth-order valence-corrected chi connectivity index (χ4v) is 6.23. The number of halogens is 1. The lowest BCUT2D eigenvalue weighted by molar-refractivity contribution is -0.165. The van der Waals surface area contributed by atoms with E-state index in [1.807, 2.05) is 20.8 Å². The molecule has 2 saturated heterocycles. The standard InChI is InChI=1S/C30H41ClN4O7/c1-7-41-29-20(14-21(36)42-29)33-27(39)23-16-11-12-17(13-16)35(23)28(40)24(30(4,5)6)34-26(38)18-9-8-10-19(22(18)31)32-25(37)15(2)3/h8-10,15-17,20,23-24,29H,7,11-14H2,1-6H3,(H,32,37)(H,33,39)(H,34,38)/t16?,17-,20?,23?,24?,29?/m0/s1. The van der Waals surface area contributed by atoms with Crippen molar-refractivity contribution in [2.45, 2.75) is 97.7 Å². The van der Waals surface area contributed by atoms with Gasteiger partial charge < -0.3 is 30.3 Å². The Balaban J connectivity index is 1.55. The van der Waals surface area contributed by atoms with Crippen molar-refractivity contribution < 1.29 is 33.4 Å². The van der Waals surface area contributed by atoms with Crippen LogP contribution in [0, 0.1) is 17.3 Å². The molecule has 2 heterocycles. The number of esters is 1. The molecule has 11 nitrogen and oxygen atoms in total. The molecule has 1 aromatic carbocycles. The number of likely N-dealkylation sites (tertiary alicyclic amines) is 1. The molecule has 230 valence electrons. The monoisotopic (exact) mass is 604 g/mol. The number of anilines is 1. The highest BCUT2D eigenvalue weighted by atomic mass is 35.5. The normalized spacial score (nSPS) is 25.8. The molecule has 42 heavy (non-hydrogen) atoms. The second kappa shape index (κ2) is 12.6. The number of rotatable bonds is 9. The first-order valence-electron chi connectivity index (χ1n) is 14.6. The summed E-state index contributed by atoms with van der Waals surface area (Å²) >= 11 is 6.53. The van der Waals surface area contributed by atoms with Crippen molar-refractivity contribution in [3.05, 3.63) is 28.8 Å². The molecule has 3 fully saturated rings. The first-order chi connectivity index (χ1) is 19.7. The van der Waals surface area contributed by atoms with Crippen LogP contribution in [0.5, 0.6) is 0 Å². The average molecular weight is 605 g/mol. The zero-order valence-electron chi connectivity index (χ0n) is 25.0. The molecule has 0 spiro atoms. The second-order valence-electron chi connectivity index (χ2n) is 12.6. The van der Waals surface area contributed by atoms with Crippen LogP contribution in [0.2, 0.25) is 5.02 Å². The molecule has 2 aliphatic heterocycles. The van der Waals surface area contributed by atoms with Crippen LogP contribution in [0.15, 0.2) is 18.2 Å². The lowest BCUT2D eigenvalue weighted by atomic mass is 9.84. The third-order valence-corrected chi connectivity index (χ3v) is 8.55. The van der Waals surface area contributed by atoms with Gasteiger partial charge in [0.05, 0.1) is 22.7 Å². The van der Waals surface area contributed by atoms with Crippen molar-refractivity contribution in [2.75, 3.05) is 11.9 Å². The molecule has 4 rings (SSSR count). The maximum Gasteiger partial charge on any atom is 0.310 e. The fraction of sp³-hybridized carbons (Fsp3) is 0.633. The van der Waals surface area contributed by atoms with Crippen molar-refractivity contribution in [2.24, 2.45) is 17.3 Å². The Morgan fingerprint density at radius 2 is 1.88 bits per heavy atom. The molecule has 2 bridgehead atoms. The average Bonchev–Trinajstić information content (AvgIpc) is 3.62. The number of cyclic esters (lactones) is 1. The Morgan fingerprint density at radius 3 is 2.52 bits per heavy atom. The highest BCUT2D eigenvalue weighted by molar-refractivity contribution is 6.37. The van der Waals surface area contributed by atoms with E-state index in [1.54, 1.807) is 37.8 Å². The number of fused-ring (bicyclic) bond motifs is 2. The van der Waals surface area contributed by atoms with E-state index in [2.05, 4.69) is 16.0 Å². The summed E-state index contributed by atoms with van der Waals surface area (Å²) in [6, 6.07) is 2.24. The quantitative estimate of drug-likeness (QED) is 0.367. The molecular weight excluding hydrogens is 564 g/mol. The van der Waals surface area contributed by atoms with Gasteiger partial charge in [0.15, 0.2) is 0 Å². The smallest absolute Gasteiger partial charge is 0.310 e. The molecular formula is C30H41ClN4O7. The first kappa shape index (κ1) is 31.7. The Hall–Kier alpha value is -3.18. The highest BCUT2D eigenvalue weighted by Gasteiger charge is 2.54. The van der Waals surface area contributed by atoms with E-state index in [-0.39, 0.29) is 52.6 Å². The molecule has 0 radical (unpaired) electrons. The number of hydrogen-bond acceptors (Lipinski definition) is 7. The number of nitrogens with zero attached hydrogens (tertiary/aromatic N) is 1. The SMILES string of the molecule is CCOC1OC(=O)CC1NC(=O)C1C2CC[C@@H](C2)N1C(=O)C(NC(=O)c1cccc(NC(=O)C(C)C)c1Cl)C(C)(C)C. The number of ether oxygens (including phenoxy) is 2. The molecule has 3 N–H and O–H groups in total. The minimum absolute atomic E-state index is 0.0106. The molecule has 12 heteroatoms. The molecule has 3 aliphatic rings. The van der Waals surface area contributed by atoms with Gasteiger partial charge in [0.1, 0.15) is 18.1 Å². The van der Waals surface area contributed by atoms with Crippen LogP contribution in [0.25, 0.3) is 0 Å². The summed E-state index contributed by atoms with van der Waals surface area (Å²) < 4.78 is 10.7. The Bertz CT molecular complexity index is 1250. The molecule has 1 saturated carbocycles. The largest absolute Gasteiger partial charge is 0.433 e. The Kier molecular flexibility index (Phi) is 9.52. The van der Waals surface area contributed by atoms with Crippen LogP contribution in [-0.2, 0) is 28.7 Å². The summed E-state index contributed by atoms with van der Waals surface area (Å²) in [5.74, 6) is -2.31. The van der Waals surface area contributed by atoms with Crippen LogP contribution in [0.4, 0.5) is 5.69 Å². The van der Waals surface area contributed by atoms with E-state index in [4.69, 9.17) is 21.1 Å². The lowest BCUT2D eigenvalue weighted by Gasteiger charge is -2.40. The second-order valence-corrected chi connectivity index (χ2v) is 13.0. The number of piperidine rings is 1. The van der Waals surface area contributed by atoms with Crippen LogP contribution >= 0.6 is 11.6 Å². The third-order valence-electron chi connectivity index (χ3n) is 8.14. The van der Waals surface area contributed by atoms with E-state index in [0.717, 1.165) is 12.8 Å². The van der Waals surface area contributed by atoms with Crippen molar-refractivity contribution in [3.8, 4) is 0 Å². The van der Waals surface area contributed by atoms with Gasteiger partial charge in [0.2, 0.25) is 24.0 Å². The van der Waals surface area contributed by atoms with E-state index in [9.17, 15) is 24.0 Å². The minimum Gasteiger partial charge on any atom is -0.433 e. The van der Waals surface area contributed by atoms with Crippen molar-refractivity contribution in [1.82, 2.24) is 15.5 Å². The van der Waals surface area contributed by atoms with Crippen LogP contribution in [0.1, 0.15) is 77.6 Å². The Morgan fingerprint density at radius 1 is 1.17 bits per heavy atom. The molecule has 1 aromatic rings. The molecule has 0 aromatic heterocycles. The lowest BCUT2D eigenvalue weighted by Crippen LogP contribution is -2.62. The summed E-state index contributed by atoms with van der Waals surface area (Å²) in [6.45, 7) is 11.1. The topological polar surface area (TPSA) is 143 Å². The summed E-state index contributed by atoms with van der Waals surface area (Å²) in [5.41, 5.74) is -0.294. The van der Waals surface area contributed by atoms with Gasteiger partial charge in [-0.25, -0.2) is 0 Å². The third kappa shape index (κ3) is 6.57. The van der Waals surface area contributed by atoms with Gasteiger partial charge >= 0.3 is 5.97 Å². The van der Waals surface area contributed by atoms with E-state index >= 15 is 0 Å². The Labute approximate surface area is 251 Å². The van der Waals surface area contributed by atoms with Gasteiger partial charge in [0.25, 0.3) is 5.91 Å². The number of hydrogen-bond donors (Lipinski definition) is 3. The molecule has 5 unspecified atom stereocenters. The van der Waals surface area contributed by atoms with Gasteiger partial charge in [-0.15, -0.1) is 0 Å². The number of benzene rings is 1. The zero-order chi connectivity index (χ0) is 30.9. The van der Waals surface area contributed by atoms with Gasteiger partial charge in [-0.2, -0.15) is 0 Å². The van der Waals surface area contributed by atoms with Gasteiger partial charge in [-0.3, -0.25) is 24.0 Å². The predicted molar refractivity (Wildman–Crippen MR) is 155 cm³/mol. The predicted octanol–water partition coefficient (Wildman–Crippen LogP) is 3.25. The fourth-order valence-electron chi connectivity index (χ4n) is 5.97. The summed E-state index contributed by atoms with van der Waals surface area (Å²) in [7, 11) is 0. The number of carbonyl (C=O) groups excluding carboxylic acids is 5. The maximum atomic E-state index is 14.2. The zero-order valence-corrected chi connectivity index (χ0v) is 25.7. The van der Waals surface area contributed by atoms with E-state index < -0.39 is 41.7 Å². The number of nitrogens with one attached hydrogen (secondary N) is 3. The first-order valence-corrected chi connectivity index (χ1v) is 14.9. The van der Waals surface area contributed by atoms with Crippen LogP contribution in [0.3, 0.4) is 0 Å².